The van der Waals surface area contributed by atoms with Crippen LogP contribution in [0.4, 0.5) is 0 Å². The smallest absolute Gasteiger partial charge is 0.226 e. The Bertz CT molecular complexity index is 816. The maximum Gasteiger partial charge on any atom is 0.226 e. The zero-order chi connectivity index (χ0) is 20.6. The Morgan fingerprint density at radius 3 is 2.28 bits per heavy atom. The topological polar surface area (TPSA) is 52.7 Å². The first kappa shape index (κ1) is 21.1. The lowest BCUT2D eigenvalue weighted by molar-refractivity contribution is -0.130. The van der Waals surface area contributed by atoms with Crippen LogP contribution in [-0.2, 0) is 22.6 Å². The SMILES string of the molecule is CC(=O)NCc1ccccc1CC(=O)N(C)CC(c1ccccc1)N1CCCC1. The number of hydrogen-bond donors (Lipinski definition) is 1. The van der Waals surface area contributed by atoms with Gasteiger partial charge in [0.2, 0.25) is 11.8 Å². The summed E-state index contributed by atoms with van der Waals surface area (Å²) in [7, 11) is 1.89. The molecule has 0 saturated carbocycles. The van der Waals surface area contributed by atoms with E-state index in [1.165, 1.54) is 25.3 Å². The number of benzene rings is 2. The number of likely N-dealkylation sites (N-methyl/N-ethyl adjacent to an activating group) is 1. The highest BCUT2D eigenvalue weighted by Gasteiger charge is 2.26. The summed E-state index contributed by atoms with van der Waals surface area (Å²) in [6.07, 6.45) is 2.78. The molecule has 2 aromatic rings. The van der Waals surface area contributed by atoms with E-state index in [0.717, 1.165) is 24.2 Å². The number of amides is 2. The third-order valence-corrected chi connectivity index (χ3v) is 5.63. The van der Waals surface area contributed by atoms with Crippen molar-refractivity contribution in [2.45, 2.75) is 38.8 Å². The molecule has 1 N–H and O–H groups in total. The van der Waals surface area contributed by atoms with Gasteiger partial charge in [-0.1, -0.05) is 54.6 Å². The van der Waals surface area contributed by atoms with Crippen LogP contribution in [0, 0.1) is 0 Å². The van der Waals surface area contributed by atoms with Crippen molar-refractivity contribution in [3.05, 3.63) is 71.3 Å². The summed E-state index contributed by atoms with van der Waals surface area (Å²) in [5.74, 6) is 0.0277. The molecule has 0 aromatic heterocycles. The maximum absolute atomic E-state index is 13.0. The molecule has 1 saturated heterocycles. The summed E-state index contributed by atoms with van der Waals surface area (Å²) in [6, 6.07) is 18.5. The fourth-order valence-corrected chi connectivity index (χ4v) is 3.94. The second kappa shape index (κ2) is 10.2. The summed E-state index contributed by atoms with van der Waals surface area (Å²) in [5.41, 5.74) is 3.22. The van der Waals surface area contributed by atoms with Crippen LogP contribution in [0.25, 0.3) is 0 Å². The van der Waals surface area contributed by atoms with E-state index in [4.69, 9.17) is 0 Å². The monoisotopic (exact) mass is 393 g/mol. The van der Waals surface area contributed by atoms with E-state index in [0.29, 0.717) is 19.5 Å². The maximum atomic E-state index is 13.0. The fourth-order valence-electron chi connectivity index (χ4n) is 3.94. The molecule has 1 heterocycles. The molecule has 5 heteroatoms. The van der Waals surface area contributed by atoms with Crippen molar-refractivity contribution < 1.29 is 9.59 Å². The van der Waals surface area contributed by atoms with Crippen molar-refractivity contribution in [2.24, 2.45) is 0 Å². The van der Waals surface area contributed by atoms with Crippen LogP contribution in [0.3, 0.4) is 0 Å². The Morgan fingerprint density at radius 2 is 1.62 bits per heavy atom. The molecular formula is C24H31N3O2. The van der Waals surface area contributed by atoms with Crippen molar-refractivity contribution in [1.29, 1.82) is 0 Å². The quantitative estimate of drug-likeness (QED) is 0.750. The van der Waals surface area contributed by atoms with Gasteiger partial charge in [-0.15, -0.1) is 0 Å². The highest BCUT2D eigenvalue weighted by Crippen LogP contribution is 2.26. The molecule has 0 radical (unpaired) electrons. The minimum Gasteiger partial charge on any atom is -0.352 e. The van der Waals surface area contributed by atoms with Gasteiger partial charge in [0, 0.05) is 27.1 Å². The molecule has 29 heavy (non-hydrogen) atoms. The molecule has 0 bridgehead atoms. The first-order chi connectivity index (χ1) is 14.0. The van der Waals surface area contributed by atoms with Gasteiger partial charge in [0.1, 0.15) is 0 Å². The summed E-state index contributed by atoms with van der Waals surface area (Å²) in [4.78, 5) is 28.6. The van der Waals surface area contributed by atoms with Crippen molar-refractivity contribution in [3.63, 3.8) is 0 Å². The van der Waals surface area contributed by atoms with E-state index < -0.39 is 0 Å². The van der Waals surface area contributed by atoms with Gasteiger partial charge in [0.15, 0.2) is 0 Å². The Hall–Kier alpha value is -2.66. The number of rotatable bonds is 8. The fraction of sp³-hybridized carbons (Fsp3) is 0.417. The number of nitrogens with one attached hydrogen (secondary N) is 1. The number of carbonyl (C=O) groups excluding carboxylic acids is 2. The lowest BCUT2D eigenvalue weighted by Gasteiger charge is -2.32. The van der Waals surface area contributed by atoms with Crippen molar-refractivity contribution >= 4 is 11.8 Å². The van der Waals surface area contributed by atoms with Gasteiger partial charge in [-0.3, -0.25) is 14.5 Å². The van der Waals surface area contributed by atoms with Gasteiger partial charge < -0.3 is 10.2 Å². The molecule has 2 aromatic carbocycles. The van der Waals surface area contributed by atoms with E-state index in [9.17, 15) is 9.59 Å². The molecule has 1 unspecified atom stereocenters. The van der Waals surface area contributed by atoms with Crippen LogP contribution in [0.1, 0.15) is 42.5 Å². The molecule has 2 amide bonds. The summed E-state index contributed by atoms with van der Waals surface area (Å²) < 4.78 is 0. The van der Waals surface area contributed by atoms with E-state index in [1.807, 2.05) is 42.3 Å². The van der Waals surface area contributed by atoms with Gasteiger partial charge >= 0.3 is 0 Å². The van der Waals surface area contributed by atoms with Crippen LogP contribution in [-0.4, -0.2) is 48.3 Å². The second-order valence-corrected chi connectivity index (χ2v) is 7.80. The molecule has 5 nitrogen and oxygen atoms in total. The van der Waals surface area contributed by atoms with Crippen LogP contribution < -0.4 is 5.32 Å². The summed E-state index contributed by atoms with van der Waals surface area (Å²) in [5, 5.41) is 2.82. The predicted octanol–water partition coefficient (Wildman–Crippen LogP) is 3.16. The van der Waals surface area contributed by atoms with Gasteiger partial charge in [-0.2, -0.15) is 0 Å². The highest BCUT2D eigenvalue weighted by atomic mass is 16.2. The zero-order valence-corrected chi connectivity index (χ0v) is 17.4. The lowest BCUT2D eigenvalue weighted by Crippen LogP contribution is -2.38. The molecule has 1 fully saturated rings. The molecule has 3 rings (SSSR count). The number of nitrogens with zero attached hydrogens (tertiary/aromatic N) is 2. The largest absolute Gasteiger partial charge is 0.352 e. The van der Waals surface area contributed by atoms with Gasteiger partial charge in [-0.05, 0) is 42.6 Å². The molecule has 1 aliphatic rings. The Balaban J connectivity index is 1.68. The predicted molar refractivity (Wildman–Crippen MR) is 115 cm³/mol. The molecule has 0 aliphatic carbocycles. The van der Waals surface area contributed by atoms with E-state index >= 15 is 0 Å². The standard InChI is InChI=1S/C24H31N3O2/c1-19(28)25-17-22-13-7-6-12-21(22)16-24(29)26(2)18-23(27-14-8-9-15-27)20-10-4-3-5-11-20/h3-7,10-13,23H,8-9,14-18H2,1-2H3,(H,25,28). The number of carbonyl (C=O) groups is 2. The number of likely N-dealkylation sites (tertiary alicyclic amines) is 1. The van der Waals surface area contributed by atoms with Gasteiger partial charge in [0.05, 0.1) is 12.5 Å². The third kappa shape index (κ3) is 5.91. The Morgan fingerprint density at radius 1 is 1.00 bits per heavy atom. The van der Waals surface area contributed by atoms with Gasteiger partial charge in [0.25, 0.3) is 0 Å². The molecule has 1 aliphatic heterocycles. The van der Waals surface area contributed by atoms with Crippen LogP contribution >= 0.6 is 0 Å². The number of hydrogen-bond acceptors (Lipinski definition) is 3. The molecule has 154 valence electrons. The van der Waals surface area contributed by atoms with Crippen molar-refractivity contribution in [2.75, 3.05) is 26.7 Å². The normalized spacial score (nSPS) is 15.1. The van der Waals surface area contributed by atoms with Crippen molar-refractivity contribution in [3.8, 4) is 0 Å². The highest BCUT2D eigenvalue weighted by molar-refractivity contribution is 5.79. The first-order valence-electron chi connectivity index (χ1n) is 10.4. The Kier molecular flexibility index (Phi) is 7.42. The van der Waals surface area contributed by atoms with E-state index in [-0.39, 0.29) is 17.9 Å². The molecular weight excluding hydrogens is 362 g/mol. The zero-order valence-electron chi connectivity index (χ0n) is 17.4. The first-order valence-corrected chi connectivity index (χ1v) is 10.4. The molecule has 1 atom stereocenters. The Labute approximate surface area is 173 Å². The summed E-state index contributed by atoms with van der Waals surface area (Å²) >= 11 is 0. The van der Waals surface area contributed by atoms with Gasteiger partial charge in [-0.25, -0.2) is 0 Å². The second-order valence-electron chi connectivity index (χ2n) is 7.80. The minimum absolute atomic E-state index is 0.0698. The minimum atomic E-state index is -0.0698. The lowest BCUT2D eigenvalue weighted by atomic mass is 10.0. The van der Waals surface area contributed by atoms with Crippen LogP contribution in [0.2, 0.25) is 0 Å². The summed E-state index contributed by atoms with van der Waals surface area (Å²) in [6.45, 7) is 4.80. The average Bonchev–Trinajstić information content (AvgIpc) is 3.26. The molecule has 0 spiro atoms. The van der Waals surface area contributed by atoms with Crippen LogP contribution in [0.15, 0.2) is 54.6 Å². The van der Waals surface area contributed by atoms with E-state index in [1.54, 1.807) is 0 Å². The average molecular weight is 394 g/mol. The third-order valence-electron chi connectivity index (χ3n) is 5.63. The van der Waals surface area contributed by atoms with Crippen LogP contribution in [0.5, 0.6) is 0 Å². The van der Waals surface area contributed by atoms with E-state index in [2.05, 4.69) is 34.5 Å². The van der Waals surface area contributed by atoms with Crippen molar-refractivity contribution in [1.82, 2.24) is 15.1 Å².